The molecule has 2 heteroatoms. The van der Waals surface area contributed by atoms with Crippen molar-refractivity contribution < 1.29 is 4.79 Å². The molecule has 66 valence electrons. The van der Waals surface area contributed by atoms with Crippen LogP contribution in [-0.2, 0) is 4.79 Å². The predicted molar refractivity (Wildman–Crippen MR) is 50.8 cm³/mol. The number of nitrogens with zero attached hydrogens (tertiary/aromatic N) is 1. The molecule has 0 N–H and O–H groups in total. The van der Waals surface area contributed by atoms with Crippen molar-refractivity contribution in [2.75, 3.05) is 0 Å². The molecular formula is C11H11NO. The molecule has 1 aromatic rings. The quantitative estimate of drug-likeness (QED) is 0.616. The van der Waals surface area contributed by atoms with Crippen LogP contribution in [0, 0.1) is 0 Å². The molecule has 1 aliphatic heterocycles. The third-order valence-corrected chi connectivity index (χ3v) is 2.24. The van der Waals surface area contributed by atoms with Crippen LogP contribution in [-0.4, -0.2) is 5.91 Å². The lowest BCUT2D eigenvalue weighted by Gasteiger charge is -2.03. The summed E-state index contributed by atoms with van der Waals surface area (Å²) in [5.74, 6) is 0.301. The molecule has 0 unspecified atom stereocenters. The number of fused-ring (bicyclic) bond motifs is 1. The van der Waals surface area contributed by atoms with Crippen LogP contribution in [0.5, 0.6) is 0 Å². The van der Waals surface area contributed by atoms with Crippen LogP contribution in [0.1, 0.15) is 25.3 Å². The standard InChI is InChI=1S/C11H11NO/c1-7(2)8-4-3-5-10-9(8)6-11(13)12-10/h3-7H,1-2H3. The SMILES string of the molecule is CC(C)c1cccc2c1=CC(=O)N=2. The summed E-state index contributed by atoms with van der Waals surface area (Å²) in [6.07, 6.45) is 1.62. The van der Waals surface area contributed by atoms with E-state index in [0.717, 1.165) is 10.6 Å². The number of amides is 1. The molecule has 0 saturated heterocycles. The number of rotatable bonds is 1. The van der Waals surface area contributed by atoms with Gasteiger partial charge in [-0.25, -0.2) is 4.99 Å². The number of carbonyl (C=O) groups excluding carboxylic acids is 1. The maximum atomic E-state index is 11.1. The first-order chi connectivity index (χ1) is 6.18. The zero-order valence-corrected chi connectivity index (χ0v) is 7.74. The molecule has 1 amide bonds. The van der Waals surface area contributed by atoms with Crippen LogP contribution in [0.25, 0.3) is 6.08 Å². The number of hydrogen-bond donors (Lipinski definition) is 0. The first-order valence-electron chi connectivity index (χ1n) is 4.42. The minimum Gasteiger partial charge on any atom is -0.267 e. The summed E-state index contributed by atoms with van der Waals surface area (Å²) in [6.45, 7) is 4.23. The Labute approximate surface area is 76.6 Å². The highest BCUT2D eigenvalue weighted by Gasteiger charge is 2.08. The van der Waals surface area contributed by atoms with Gasteiger partial charge in [0.25, 0.3) is 5.91 Å². The Morgan fingerprint density at radius 2 is 2.08 bits per heavy atom. The van der Waals surface area contributed by atoms with E-state index in [0.29, 0.717) is 5.92 Å². The fourth-order valence-corrected chi connectivity index (χ4v) is 1.60. The van der Waals surface area contributed by atoms with E-state index in [9.17, 15) is 4.79 Å². The summed E-state index contributed by atoms with van der Waals surface area (Å²) in [6, 6.07) is 5.88. The Hall–Kier alpha value is -1.44. The van der Waals surface area contributed by atoms with Crippen LogP contribution in [0.4, 0.5) is 0 Å². The molecular weight excluding hydrogens is 162 g/mol. The summed E-state index contributed by atoms with van der Waals surface area (Å²) in [4.78, 5) is 15.0. The molecule has 0 atom stereocenters. The van der Waals surface area contributed by atoms with E-state index in [1.807, 2.05) is 18.2 Å². The van der Waals surface area contributed by atoms with E-state index < -0.39 is 0 Å². The summed E-state index contributed by atoms with van der Waals surface area (Å²) in [7, 11) is 0. The zero-order valence-electron chi connectivity index (χ0n) is 7.74. The van der Waals surface area contributed by atoms with Gasteiger partial charge in [0.15, 0.2) is 0 Å². The van der Waals surface area contributed by atoms with Gasteiger partial charge in [0.05, 0.1) is 5.36 Å². The second-order valence-corrected chi connectivity index (χ2v) is 3.53. The van der Waals surface area contributed by atoms with Crippen molar-refractivity contribution in [3.05, 3.63) is 34.3 Å². The number of hydrogen-bond acceptors (Lipinski definition) is 1. The molecule has 0 radical (unpaired) electrons. The highest BCUT2D eigenvalue weighted by Crippen LogP contribution is 2.07. The van der Waals surface area contributed by atoms with Gasteiger partial charge in [0.2, 0.25) is 0 Å². The maximum Gasteiger partial charge on any atom is 0.270 e. The minimum atomic E-state index is -0.136. The molecule has 0 aliphatic carbocycles. The van der Waals surface area contributed by atoms with Gasteiger partial charge in [-0.05, 0) is 17.5 Å². The van der Waals surface area contributed by atoms with Gasteiger partial charge in [0.1, 0.15) is 0 Å². The zero-order chi connectivity index (χ0) is 9.42. The van der Waals surface area contributed by atoms with Crippen LogP contribution in [0.15, 0.2) is 23.2 Å². The molecule has 2 rings (SSSR count). The first kappa shape index (κ1) is 8.17. The van der Waals surface area contributed by atoms with Crippen molar-refractivity contribution in [3.63, 3.8) is 0 Å². The van der Waals surface area contributed by atoms with Crippen LogP contribution in [0.2, 0.25) is 0 Å². The number of carbonyl (C=O) groups is 1. The van der Waals surface area contributed by atoms with E-state index in [1.54, 1.807) is 6.08 Å². The monoisotopic (exact) mass is 173 g/mol. The van der Waals surface area contributed by atoms with E-state index in [2.05, 4.69) is 18.8 Å². The maximum absolute atomic E-state index is 11.1. The summed E-state index contributed by atoms with van der Waals surface area (Å²) < 4.78 is 0. The molecule has 0 aromatic heterocycles. The fourth-order valence-electron chi connectivity index (χ4n) is 1.60. The van der Waals surface area contributed by atoms with Gasteiger partial charge in [0, 0.05) is 11.3 Å². The lowest BCUT2D eigenvalue weighted by atomic mass is 10.0. The Kier molecular flexibility index (Phi) is 1.76. The molecule has 1 aromatic carbocycles. The number of benzene rings is 1. The van der Waals surface area contributed by atoms with Crippen molar-refractivity contribution in [3.8, 4) is 0 Å². The van der Waals surface area contributed by atoms with Crippen LogP contribution in [0.3, 0.4) is 0 Å². The van der Waals surface area contributed by atoms with Crippen molar-refractivity contribution in [1.82, 2.24) is 0 Å². The van der Waals surface area contributed by atoms with Crippen molar-refractivity contribution in [1.29, 1.82) is 0 Å². The smallest absolute Gasteiger partial charge is 0.267 e. The Bertz CT molecular complexity index is 471. The summed E-state index contributed by atoms with van der Waals surface area (Å²) in [5.41, 5.74) is 1.20. The minimum absolute atomic E-state index is 0.136. The lowest BCUT2D eigenvalue weighted by molar-refractivity contribution is -0.112. The fraction of sp³-hybridized carbons (Fsp3) is 0.273. The topological polar surface area (TPSA) is 29.4 Å². The molecule has 0 saturated carbocycles. The summed E-state index contributed by atoms with van der Waals surface area (Å²) >= 11 is 0. The largest absolute Gasteiger partial charge is 0.270 e. The van der Waals surface area contributed by atoms with Crippen molar-refractivity contribution in [2.24, 2.45) is 4.99 Å². The second kappa shape index (κ2) is 2.80. The van der Waals surface area contributed by atoms with Gasteiger partial charge >= 0.3 is 0 Å². The molecule has 13 heavy (non-hydrogen) atoms. The van der Waals surface area contributed by atoms with Gasteiger partial charge in [-0.2, -0.15) is 0 Å². The highest BCUT2D eigenvalue weighted by atomic mass is 16.1. The second-order valence-electron chi connectivity index (χ2n) is 3.53. The highest BCUT2D eigenvalue weighted by molar-refractivity contribution is 6.06. The molecule has 1 aliphatic rings. The van der Waals surface area contributed by atoms with E-state index in [4.69, 9.17) is 0 Å². The van der Waals surface area contributed by atoms with Gasteiger partial charge in [-0.1, -0.05) is 26.0 Å². The van der Waals surface area contributed by atoms with Crippen molar-refractivity contribution >= 4 is 12.0 Å². The summed E-state index contributed by atoms with van der Waals surface area (Å²) in [5, 5.41) is 1.82. The van der Waals surface area contributed by atoms with Gasteiger partial charge in [-0.3, -0.25) is 4.79 Å². The molecule has 0 spiro atoms. The van der Waals surface area contributed by atoms with E-state index in [-0.39, 0.29) is 5.91 Å². The normalized spacial score (nSPS) is 13.9. The van der Waals surface area contributed by atoms with Crippen molar-refractivity contribution in [2.45, 2.75) is 19.8 Å². The average Bonchev–Trinajstić information content (AvgIpc) is 2.43. The van der Waals surface area contributed by atoms with Gasteiger partial charge < -0.3 is 0 Å². The molecule has 0 bridgehead atoms. The molecule has 2 nitrogen and oxygen atoms in total. The lowest BCUT2D eigenvalue weighted by Crippen LogP contribution is -2.25. The van der Waals surface area contributed by atoms with E-state index >= 15 is 0 Å². The first-order valence-corrected chi connectivity index (χ1v) is 4.42. The Morgan fingerprint density at radius 3 is 2.77 bits per heavy atom. The molecule has 0 fully saturated rings. The van der Waals surface area contributed by atoms with Gasteiger partial charge in [-0.15, -0.1) is 0 Å². The third kappa shape index (κ3) is 1.28. The van der Waals surface area contributed by atoms with Crippen LogP contribution >= 0.6 is 0 Å². The molecule has 1 heterocycles. The van der Waals surface area contributed by atoms with Crippen LogP contribution < -0.4 is 10.6 Å². The average molecular weight is 173 g/mol. The van der Waals surface area contributed by atoms with E-state index in [1.165, 1.54) is 5.56 Å². The third-order valence-electron chi connectivity index (χ3n) is 2.24. The Balaban J connectivity index is 2.80. The Morgan fingerprint density at radius 1 is 1.31 bits per heavy atom. The predicted octanol–water partition coefficient (Wildman–Crippen LogP) is 0.750.